The van der Waals surface area contributed by atoms with Crippen LogP contribution in [-0.2, 0) is 0 Å². The highest BCUT2D eigenvalue weighted by atomic mass is 15.0. The molecule has 0 aliphatic carbocycles. The number of nitrogens with one attached hydrogen (secondary N) is 1. The van der Waals surface area contributed by atoms with Gasteiger partial charge < -0.3 is 5.32 Å². The molecule has 0 saturated heterocycles. The maximum atomic E-state index is 3.63. The summed E-state index contributed by atoms with van der Waals surface area (Å²) in [5.74, 6) is 0. The lowest BCUT2D eigenvalue weighted by molar-refractivity contribution is 0.226. The maximum Gasteiger partial charge on any atom is 0.00967 e. The van der Waals surface area contributed by atoms with Gasteiger partial charge >= 0.3 is 0 Å². The minimum atomic E-state index is 0.253. The molecule has 0 aromatic heterocycles. The largest absolute Gasteiger partial charge is 0.312 e. The Balaban J connectivity index is 4.08. The van der Waals surface area contributed by atoms with Crippen molar-refractivity contribution in [1.82, 2.24) is 5.32 Å². The van der Waals surface area contributed by atoms with E-state index in [1.54, 1.807) is 0 Å². The predicted molar refractivity (Wildman–Crippen MR) is 65.7 cm³/mol. The van der Waals surface area contributed by atoms with Gasteiger partial charge in [-0.05, 0) is 39.0 Å². The van der Waals surface area contributed by atoms with Gasteiger partial charge in [0, 0.05) is 12.1 Å². The molecule has 0 spiro atoms. The minimum Gasteiger partial charge on any atom is -0.312 e. The molecule has 0 aliphatic rings. The smallest absolute Gasteiger partial charge is 0.00967 e. The summed E-state index contributed by atoms with van der Waals surface area (Å²) in [5, 5.41) is 3.63. The molecule has 1 nitrogen and oxygen atoms in total. The summed E-state index contributed by atoms with van der Waals surface area (Å²) in [4.78, 5) is 0. The third-order valence-corrected chi connectivity index (χ3v) is 2.75. The molecule has 0 aliphatic heterocycles. The van der Waals surface area contributed by atoms with Gasteiger partial charge in [0.25, 0.3) is 0 Å². The topological polar surface area (TPSA) is 12.0 Å². The Labute approximate surface area is 90.7 Å². The standard InChI is InChI=1S/C13H29N/c1-7-9-13(6,10-8-2)11-14-12(3,4)5/h14H,7-11H2,1-6H3. The quantitative estimate of drug-likeness (QED) is 0.682. The lowest BCUT2D eigenvalue weighted by Gasteiger charge is -2.33. The highest BCUT2D eigenvalue weighted by molar-refractivity contribution is 4.80. The Kier molecular flexibility index (Phi) is 5.73. The first-order valence-corrected chi connectivity index (χ1v) is 6.08. The van der Waals surface area contributed by atoms with Crippen molar-refractivity contribution in [3.8, 4) is 0 Å². The second-order valence-electron chi connectivity index (χ2n) is 5.91. The molecule has 0 amide bonds. The molecule has 0 rings (SSSR count). The predicted octanol–water partition coefficient (Wildman–Crippen LogP) is 3.98. The fourth-order valence-electron chi connectivity index (χ4n) is 1.99. The average molecular weight is 199 g/mol. The fourth-order valence-corrected chi connectivity index (χ4v) is 1.99. The molecule has 0 fully saturated rings. The summed E-state index contributed by atoms with van der Waals surface area (Å²) in [6.07, 6.45) is 5.26. The third-order valence-electron chi connectivity index (χ3n) is 2.75. The molecular weight excluding hydrogens is 170 g/mol. The Morgan fingerprint density at radius 3 is 1.57 bits per heavy atom. The van der Waals surface area contributed by atoms with Gasteiger partial charge in [0.2, 0.25) is 0 Å². The molecule has 0 bridgehead atoms. The van der Waals surface area contributed by atoms with Crippen LogP contribution in [0, 0.1) is 5.41 Å². The van der Waals surface area contributed by atoms with E-state index in [-0.39, 0.29) is 5.54 Å². The Morgan fingerprint density at radius 2 is 1.29 bits per heavy atom. The normalized spacial score (nSPS) is 13.3. The molecule has 0 unspecified atom stereocenters. The second kappa shape index (κ2) is 5.75. The van der Waals surface area contributed by atoms with E-state index < -0.39 is 0 Å². The van der Waals surface area contributed by atoms with Gasteiger partial charge in [0.05, 0.1) is 0 Å². The van der Waals surface area contributed by atoms with Crippen molar-refractivity contribution >= 4 is 0 Å². The average Bonchev–Trinajstić information content (AvgIpc) is 2.01. The second-order valence-corrected chi connectivity index (χ2v) is 5.91. The molecule has 0 aromatic carbocycles. The Morgan fingerprint density at radius 1 is 0.857 bits per heavy atom. The number of rotatable bonds is 6. The first kappa shape index (κ1) is 14.0. The van der Waals surface area contributed by atoms with Crippen LogP contribution in [0.25, 0.3) is 0 Å². The zero-order valence-corrected chi connectivity index (χ0v) is 11.0. The van der Waals surface area contributed by atoms with Gasteiger partial charge in [-0.15, -0.1) is 0 Å². The highest BCUT2D eigenvalue weighted by Gasteiger charge is 2.23. The summed E-state index contributed by atoms with van der Waals surface area (Å²) < 4.78 is 0. The maximum absolute atomic E-state index is 3.63. The van der Waals surface area contributed by atoms with Crippen molar-refractivity contribution in [2.24, 2.45) is 5.41 Å². The van der Waals surface area contributed by atoms with Crippen molar-refractivity contribution in [3.05, 3.63) is 0 Å². The fraction of sp³-hybridized carbons (Fsp3) is 1.00. The van der Waals surface area contributed by atoms with E-state index >= 15 is 0 Å². The summed E-state index contributed by atoms with van der Waals surface area (Å²) in [6.45, 7) is 14.9. The van der Waals surface area contributed by atoms with Crippen molar-refractivity contribution in [2.45, 2.75) is 72.8 Å². The molecule has 0 radical (unpaired) electrons. The van der Waals surface area contributed by atoms with Crippen LogP contribution >= 0.6 is 0 Å². The highest BCUT2D eigenvalue weighted by Crippen LogP contribution is 2.28. The van der Waals surface area contributed by atoms with Crippen molar-refractivity contribution in [3.63, 3.8) is 0 Å². The summed E-state index contributed by atoms with van der Waals surface area (Å²) in [6, 6.07) is 0. The minimum absolute atomic E-state index is 0.253. The van der Waals surface area contributed by atoms with Crippen LogP contribution in [0.2, 0.25) is 0 Å². The van der Waals surface area contributed by atoms with Crippen LogP contribution in [0.4, 0.5) is 0 Å². The molecular formula is C13H29N. The van der Waals surface area contributed by atoms with Crippen LogP contribution < -0.4 is 5.32 Å². The van der Waals surface area contributed by atoms with E-state index in [2.05, 4.69) is 46.9 Å². The van der Waals surface area contributed by atoms with E-state index in [1.165, 1.54) is 25.7 Å². The van der Waals surface area contributed by atoms with E-state index in [0.717, 1.165) is 6.54 Å². The zero-order chi connectivity index (χ0) is 11.2. The van der Waals surface area contributed by atoms with Gasteiger partial charge in [-0.3, -0.25) is 0 Å². The number of hydrogen-bond donors (Lipinski definition) is 1. The van der Waals surface area contributed by atoms with E-state index in [9.17, 15) is 0 Å². The number of hydrogen-bond acceptors (Lipinski definition) is 1. The van der Waals surface area contributed by atoms with Crippen LogP contribution in [0.3, 0.4) is 0 Å². The van der Waals surface area contributed by atoms with Crippen molar-refractivity contribution in [2.75, 3.05) is 6.54 Å². The summed E-state index contributed by atoms with van der Waals surface area (Å²) >= 11 is 0. The Bertz CT molecular complexity index is 138. The molecule has 1 N–H and O–H groups in total. The lowest BCUT2D eigenvalue weighted by atomic mass is 9.80. The van der Waals surface area contributed by atoms with Gasteiger partial charge in [-0.25, -0.2) is 0 Å². The van der Waals surface area contributed by atoms with Gasteiger partial charge in [-0.1, -0.05) is 33.6 Å². The molecule has 0 atom stereocenters. The van der Waals surface area contributed by atoms with Gasteiger partial charge in [0.1, 0.15) is 0 Å². The van der Waals surface area contributed by atoms with Crippen LogP contribution in [0.5, 0.6) is 0 Å². The monoisotopic (exact) mass is 199 g/mol. The lowest BCUT2D eigenvalue weighted by Crippen LogP contribution is -2.42. The Hall–Kier alpha value is -0.0400. The first-order valence-electron chi connectivity index (χ1n) is 6.08. The van der Waals surface area contributed by atoms with Crippen LogP contribution in [0.15, 0.2) is 0 Å². The molecule has 14 heavy (non-hydrogen) atoms. The van der Waals surface area contributed by atoms with E-state index in [4.69, 9.17) is 0 Å². The molecule has 1 heteroatoms. The molecule has 0 heterocycles. The zero-order valence-electron chi connectivity index (χ0n) is 11.0. The SMILES string of the molecule is CCCC(C)(CCC)CNC(C)(C)C. The van der Waals surface area contributed by atoms with E-state index in [1.807, 2.05) is 0 Å². The first-order chi connectivity index (χ1) is 6.33. The van der Waals surface area contributed by atoms with Crippen molar-refractivity contribution in [1.29, 1.82) is 0 Å². The summed E-state index contributed by atoms with van der Waals surface area (Å²) in [5.41, 5.74) is 0.750. The van der Waals surface area contributed by atoms with Gasteiger partial charge in [0.15, 0.2) is 0 Å². The summed E-state index contributed by atoms with van der Waals surface area (Å²) in [7, 11) is 0. The van der Waals surface area contributed by atoms with Crippen LogP contribution in [-0.4, -0.2) is 12.1 Å². The van der Waals surface area contributed by atoms with E-state index in [0.29, 0.717) is 5.41 Å². The molecule has 0 aromatic rings. The van der Waals surface area contributed by atoms with Gasteiger partial charge in [-0.2, -0.15) is 0 Å². The molecule has 86 valence electrons. The van der Waals surface area contributed by atoms with Crippen LogP contribution in [0.1, 0.15) is 67.2 Å². The molecule has 0 saturated carbocycles. The van der Waals surface area contributed by atoms with Crippen molar-refractivity contribution < 1.29 is 0 Å². The third kappa shape index (κ3) is 6.42.